The molecule has 5 aromatic rings. The summed E-state index contributed by atoms with van der Waals surface area (Å²) in [4.78, 5) is 32.9. The highest BCUT2D eigenvalue weighted by atomic mass is 19.1. The zero-order chi connectivity index (χ0) is 32.0. The van der Waals surface area contributed by atoms with E-state index in [4.69, 9.17) is 14.5 Å². The quantitative estimate of drug-likeness (QED) is 0.215. The van der Waals surface area contributed by atoms with Crippen LogP contribution in [0.1, 0.15) is 64.6 Å². The molecule has 0 radical (unpaired) electrons. The number of amides is 1. The van der Waals surface area contributed by atoms with Crippen LogP contribution in [-0.4, -0.2) is 53.2 Å². The van der Waals surface area contributed by atoms with Crippen molar-refractivity contribution in [2.24, 2.45) is 7.05 Å². The Balaban J connectivity index is 1.22. The number of hydrogen-bond acceptors (Lipinski definition) is 8. The van der Waals surface area contributed by atoms with Gasteiger partial charge in [0.2, 0.25) is 0 Å². The van der Waals surface area contributed by atoms with E-state index in [9.17, 15) is 4.79 Å². The maximum atomic E-state index is 15.7. The van der Waals surface area contributed by atoms with Crippen LogP contribution in [0.25, 0.3) is 22.1 Å². The first-order chi connectivity index (χ1) is 21.4. The Bertz CT molecular complexity index is 1890. The number of hydrogen-bond donors (Lipinski definition) is 1. The second-order valence-corrected chi connectivity index (χ2v) is 12.9. The Labute approximate surface area is 261 Å². The lowest BCUT2D eigenvalue weighted by molar-refractivity contribution is -0.00271. The summed E-state index contributed by atoms with van der Waals surface area (Å²) in [6.07, 6.45) is 4.36. The standard InChI is InChI=1S/C34H38FN7O3/c1-19-14-22(15-20(2)42(19)33(43)45-34(4,5)6)24-9-10-26-31(39-24)32(37-17-36-26)40-25-11-13-29(21(3)30(25)35)44-23-8-12-28-27(16-23)38-18-41(28)7/h8-13,16-20,22H,14-15H2,1-7H3,(H,36,37,40)/t19-,20+,22?. The van der Waals surface area contributed by atoms with Crippen molar-refractivity contribution in [1.29, 1.82) is 0 Å². The van der Waals surface area contributed by atoms with E-state index in [1.165, 1.54) is 6.33 Å². The number of imidazole rings is 1. The molecule has 45 heavy (non-hydrogen) atoms. The first-order valence-corrected chi connectivity index (χ1v) is 15.2. The third-order valence-corrected chi connectivity index (χ3v) is 8.24. The minimum Gasteiger partial charge on any atom is -0.457 e. The Morgan fingerprint density at radius 2 is 1.76 bits per heavy atom. The number of pyridine rings is 1. The first kappa shape index (κ1) is 30.2. The highest BCUT2D eigenvalue weighted by molar-refractivity contribution is 5.87. The van der Waals surface area contributed by atoms with Crippen molar-refractivity contribution >= 4 is 39.7 Å². The van der Waals surface area contributed by atoms with Crippen LogP contribution in [0.2, 0.25) is 0 Å². The van der Waals surface area contributed by atoms with Crippen molar-refractivity contribution in [2.45, 2.75) is 78.0 Å². The van der Waals surface area contributed by atoms with Gasteiger partial charge in [-0.1, -0.05) is 0 Å². The number of aryl methyl sites for hydroxylation is 1. The number of rotatable bonds is 5. The monoisotopic (exact) mass is 611 g/mol. The van der Waals surface area contributed by atoms with Gasteiger partial charge < -0.3 is 24.3 Å². The number of halogens is 1. The Morgan fingerprint density at radius 3 is 2.49 bits per heavy atom. The molecule has 4 heterocycles. The fraction of sp³-hybridized carbons (Fsp3) is 0.382. The van der Waals surface area contributed by atoms with Crippen LogP contribution in [0.4, 0.5) is 20.7 Å². The molecular formula is C34H38FN7O3. The highest BCUT2D eigenvalue weighted by Gasteiger charge is 2.37. The minimum absolute atomic E-state index is 0.0283. The lowest BCUT2D eigenvalue weighted by atomic mass is 9.85. The van der Waals surface area contributed by atoms with Gasteiger partial charge in [-0.25, -0.2) is 29.1 Å². The maximum absolute atomic E-state index is 15.7. The second-order valence-electron chi connectivity index (χ2n) is 12.9. The van der Waals surface area contributed by atoms with Gasteiger partial charge in [-0.05, 0) is 90.8 Å². The third kappa shape index (κ3) is 6.11. The number of aromatic nitrogens is 5. The van der Waals surface area contributed by atoms with E-state index < -0.39 is 11.4 Å². The van der Waals surface area contributed by atoms with Gasteiger partial charge in [-0.2, -0.15) is 0 Å². The molecule has 3 aromatic heterocycles. The molecule has 1 aliphatic rings. The van der Waals surface area contributed by atoms with Crippen LogP contribution in [0, 0.1) is 12.7 Å². The van der Waals surface area contributed by atoms with E-state index in [2.05, 4.69) is 20.3 Å². The third-order valence-electron chi connectivity index (χ3n) is 8.24. The topological polar surface area (TPSA) is 107 Å². The van der Waals surface area contributed by atoms with E-state index in [1.807, 2.05) is 81.5 Å². The molecule has 11 heteroatoms. The van der Waals surface area contributed by atoms with Gasteiger partial charge >= 0.3 is 6.09 Å². The van der Waals surface area contributed by atoms with Crippen LogP contribution in [0.5, 0.6) is 11.5 Å². The van der Waals surface area contributed by atoms with Gasteiger partial charge in [0.15, 0.2) is 11.6 Å². The van der Waals surface area contributed by atoms with Crippen molar-refractivity contribution in [2.75, 3.05) is 5.32 Å². The van der Waals surface area contributed by atoms with E-state index in [-0.39, 0.29) is 29.8 Å². The zero-order valence-corrected chi connectivity index (χ0v) is 26.6. The summed E-state index contributed by atoms with van der Waals surface area (Å²) in [5.41, 5.74) is 3.90. The molecule has 234 valence electrons. The molecule has 6 rings (SSSR count). The van der Waals surface area contributed by atoms with Crippen LogP contribution < -0.4 is 10.1 Å². The predicted octanol–water partition coefficient (Wildman–Crippen LogP) is 7.79. The Hall–Kier alpha value is -4.80. The number of ether oxygens (including phenoxy) is 2. The fourth-order valence-electron chi connectivity index (χ4n) is 6.08. The molecule has 1 N–H and O–H groups in total. The van der Waals surface area contributed by atoms with Crippen LogP contribution in [0.3, 0.4) is 0 Å². The smallest absolute Gasteiger partial charge is 0.410 e. The minimum atomic E-state index is -0.559. The number of anilines is 2. The number of nitrogens with zero attached hydrogens (tertiary/aromatic N) is 6. The molecule has 0 bridgehead atoms. The summed E-state index contributed by atoms with van der Waals surface area (Å²) in [7, 11) is 1.93. The number of fused-ring (bicyclic) bond motifs is 2. The number of carbonyl (C=O) groups excluding carboxylic acids is 1. The van der Waals surface area contributed by atoms with E-state index in [0.29, 0.717) is 33.9 Å². The Kier molecular flexibility index (Phi) is 7.80. The molecule has 1 saturated heterocycles. The predicted molar refractivity (Wildman–Crippen MR) is 172 cm³/mol. The molecule has 1 aliphatic heterocycles. The van der Waals surface area contributed by atoms with Gasteiger partial charge in [-0.3, -0.25) is 0 Å². The highest BCUT2D eigenvalue weighted by Crippen LogP contribution is 2.37. The Morgan fingerprint density at radius 1 is 1.00 bits per heavy atom. The van der Waals surface area contributed by atoms with Crippen LogP contribution in [-0.2, 0) is 11.8 Å². The summed E-state index contributed by atoms with van der Waals surface area (Å²) < 4.78 is 29.3. The van der Waals surface area contributed by atoms with Crippen molar-refractivity contribution in [3.05, 3.63) is 72.2 Å². The second kappa shape index (κ2) is 11.6. The van der Waals surface area contributed by atoms with Crippen LogP contribution >= 0.6 is 0 Å². The number of carbonyl (C=O) groups is 1. The molecule has 1 fully saturated rings. The number of likely N-dealkylation sites (tertiary alicyclic amines) is 1. The molecular weight excluding hydrogens is 573 g/mol. The van der Waals surface area contributed by atoms with Crippen molar-refractivity contribution in [3.63, 3.8) is 0 Å². The van der Waals surface area contributed by atoms with Gasteiger partial charge in [0.05, 0.1) is 28.6 Å². The largest absolute Gasteiger partial charge is 0.457 e. The fourth-order valence-corrected chi connectivity index (χ4v) is 6.08. The molecule has 0 saturated carbocycles. The summed E-state index contributed by atoms with van der Waals surface area (Å²) in [6.45, 7) is 11.4. The van der Waals surface area contributed by atoms with Gasteiger partial charge in [0.1, 0.15) is 28.9 Å². The molecule has 1 unspecified atom stereocenters. The van der Waals surface area contributed by atoms with E-state index in [1.54, 1.807) is 25.4 Å². The molecule has 0 spiro atoms. The summed E-state index contributed by atoms with van der Waals surface area (Å²) in [5, 5.41) is 3.14. The first-order valence-electron chi connectivity index (χ1n) is 15.2. The van der Waals surface area contributed by atoms with E-state index in [0.717, 1.165) is 29.6 Å². The SMILES string of the molecule is Cc1c(Oc2ccc3c(c2)ncn3C)ccc(Nc2ncnc3ccc(C4C[C@@H](C)N(C(=O)OC(C)(C)C)[C@@H](C)C4)nc23)c1F. The van der Waals surface area contributed by atoms with Crippen molar-refractivity contribution in [3.8, 4) is 11.5 Å². The van der Waals surface area contributed by atoms with Crippen LogP contribution in [0.15, 0.2) is 55.1 Å². The summed E-state index contributed by atoms with van der Waals surface area (Å²) >= 11 is 0. The van der Waals surface area contributed by atoms with Crippen molar-refractivity contribution < 1.29 is 18.7 Å². The number of nitrogens with one attached hydrogen (secondary N) is 1. The molecule has 0 aliphatic carbocycles. The summed E-state index contributed by atoms with van der Waals surface area (Å²) in [5.74, 6) is 1.05. The van der Waals surface area contributed by atoms with Crippen molar-refractivity contribution in [1.82, 2.24) is 29.4 Å². The lowest BCUT2D eigenvalue weighted by Crippen LogP contribution is -2.51. The number of benzene rings is 2. The summed E-state index contributed by atoms with van der Waals surface area (Å²) in [6, 6.07) is 12.8. The maximum Gasteiger partial charge on any atom is 0.410 e. The average Bonchev–Trinajstić information content (AvgIpc) is 3.35. The normalized spacial score (nSPS) is 18.8. The average molecular weight is 612 g/mol. The lowest BCUT2D eigenvalue weighted by Gasteiger charge is -2.42. The number of piperidine rings is 1. The zero-order valence-electron chi connectivity index (χ0n) is 26.6. The van der Waals surface area contributed by atoms with Gasteiger partial charge in [0.25, 0.3) is 0 Å². The molecule has 3 atom stereocenters. The van der Waals surface area contributed by atoms with Gasteiger partial charge in [-0.15, -0.1) is 0 Å². The molecule has 1 amide bonds. The van der Waals surface area contributed by atoms with E-state index >= 15 is 4.39 Å². The molecule has 2 aromatic carbocycles. The molecule has 10 nitrogen and oxygen atoms in total. The van der Waals surface area contributed by atoms with Gasteiger partial charge in [0, 0.05) is 42.4 Å².